The van der Waals surface area contributed by atoms with Crippen LogP contribution in [0.4, 0.5) is 5.69 Å². The fourth-order valence-corrected chi connectivity index (χ4v) is 3.73. The maximum atomic E-state index is 12.6. The standard InChI is InChI=1S/C29H28ClN3O4/c1-4-36-26-15-22(13-23(16-31)29(35)32-17-21-8-6-5-7-9-21)14-24(30)28(26)37-18-27(34)33-25-12-19(2)10-11-20(25)3/h5-15H,4,17-18H2,1-3H3,(H,32,35)(H,33,34)/b23-13+. The minimum atomic E-state index is -0.510. The summed E-state index contributed by atoms with van der Waals surface area (Å²) in [4.78, 5) is 25.1. The van der Waals surface area contributed by atoms with Gasteiger partial charge in [-0.1, -0.05) is 54.1 Å². The van der Waals surface area contributed by atoms with Gasteiger partial charge < -0.3 is 20.1 Å². The lowest BCUT2D eigenvalue weighted by Gasteiger charge is -2.15. The Morgan fingerprint density at radius 2 is 1.81 bits per heavy atom. The summed E-state index contributed by atoms with van der Waals surface area (Å²) in [5, 5.41) is 15.3. The maximum absolute atomic E-state index is 12.6. The minimum absolute atomic E-state index is 0.0870. The van der Waals surface area contributed by atoms with Gasteiger partial charge in [0.1, 0.15) is 11.6 Å². The number of rotatable bonds is 10. The molecule has 0 aromatic heterocycles. The number of carbonyl (C=O) groups excluding carboxylic acids is 2. The molecule has 0 heterocycles. The summed E-state index contributed by atoms with van der Waals surface area (Å²) in [5.74, 6) is -0.367. The molecule has 0 aliphatic heterocycles. The highest BCUT2D eigenvalue weighted by molar-refractivity contribution is 6.32. The molecule has 0 fully saturated rings. The average Bonchev–Trinajstić information content (AvgIpc) is 2.88. The van der Waals surface area contributed by atoms with Gasteiger partial charge in [0.2, 0.25) is 0 Å². The van der Waals surface area contributed by atoms with Crippen LogP contribution in [-0.4, -0.2) is 25.0 Å². The summed E-state index contributed by atoms with van der Waals surface area (Å²) in [6.45, 7) is 5.97. The van der Waals surface area contributed by atoms with Crippen LogP contribution in [0.2, 0.25) is 5.02 Å². The lowest BCUT2D eigenvalue weighted by molar-refractivity contribution is -0.118. The van der Waals surface area contributed by atoms with Crippen molar-refractivity contribution in [1.82, 2.24) is 5.32 Å². The van der Waals surface area contributed by atoms with E-state index >= 15 is 0 Å². The molecule has 0 atom stereocenters. The van der Waals surface area contributed by atoms with E-state index in [4.69, 9.17) is 21.1 Å². The summed E-state index contributed by atoms with van der Waals surface area (Å²) >= 11 is 6.46. The summed E-state index contributed by atoms with van der Waals surface area (Å²) in [6.07, 6.45) is 1.42. The molecule has 0 saturated carbocycles. The fraction of sp³-hybridized carbons (Fsp3) is 0.207. The third-order valence-electron chi connectivity index (χ3n) is 5.32. The Kier molecular flexibility index (Phi) is 9.70. The van der Waals surface area contributed by atoms with Gasteiger partial charge in [-0.3, -0.25) is 9.59 Å². The second-order valence-corrected chi connectivity index (χ2v) is 8.66. The maximum Gasteiger partial charge on any atom is 0.262 e. The van der Waals surface area contributed by atoms with E-state index in [1.165, 1.54) is 6.08 Å². The van der Waals surface area contributed by atoms with Crippen LogP contribution in [0.1, 0.15) is 29.2 Å². The van der Waals surface area contributed by atoms with Crippen molar-refractivity contribution >= 4 is 35.2 Å². The van der Waals surface area contributed by atoms with Crippen molar-refractivity contribution in [2.75, 3.05) is 18.5 Å². The van der Waals surface area contributed by atoms with E-state index in [-0.39, 0.29) is 28.9 Å². The van der Waals surface area contributed by atoms with Gasteiger partial charge >= 0.3 is 0 Å². The number of carbonyl (C=O) groups is 2. The summed E-state index contributed by atoms with van der Waals surface area (Å²) in [7, 11) is 0. The van der Waals surface area contributed by atoms with E-state index in [0.29, 0.717) is 30.2 Å². The van der Waals surface area contributed by atoms with Crippen molar-refractivity contribution in [2.45, 2.75) is 27.3 Å². The lowest BCUT2D eigenvalue weighted by atomic mass is 10.1. The van der Waals surface area contributed by atoms with Gasteiger partial charge in [0.15, 0.2) is 18.1 Å². The Balaban J connectivity index is 1.74. The second-order valence-electron chi connectivity index (χ2n) is 8.26. The highest BCUT2D eigenvalue weighted by atomic mass is 35.5. The molecule has 0 unspecified atom stereocenters. The van der Waals surface area contributed by atoms with Gasteiger partial charge in [-0.05, 0) is 67.3 Å². The first kappa shape index (κ1) is 27.3. The molecule has 8 heteroatoms. The molecule has 0 radical (unpaired) electrons. The summed E-state index contributed by atoms with van der Waals surface area (Å²) in [6, 6.07) is 20.2. The lowest BCUT2D eigenvalue weighted by Crippen LogP contribution is -2.23. The number of aryl methyl sites for hydroxylation is 2. The molecule has 7 nitrogen and oxygen atoms in total. The highest BCUT2D eigenvalue weighted by Crippen LogP contribution is 2.37. The van der Waals surface area contributed by atoms with Gasteiger partial charge in [0.25, 0.3) is 11.8 Å². The van der Waals surface area contributed by atoms with E-state index in [9.17, 15) is 14.9 Å². The molecule has 3 aromatic carbocycles. The van der Waals surface area contributed by atoms with E-state index in [0.717, 1.165) is 16.7 Å². The molecule has 3 rings (SSSR count). The van der Waals surface area contributed by atoms with Crippen LogP contribution in [0.5, 0.6) is 11.5 Å². The number of ether oxygens (including phenoxy) is 2. The number of hydrogen-bond donors (Lipinski definition) is 2. The van der Waals surface area contributed by atoms with Gasteiger partial charge in [-0.15, -0.1) is 0 Å². The quantitative estimate of drug-likeness (QED) is 0.269. The zero-order chi connectivity index (χ0) is 26.8. The Hall–Kier alpha value is -4.28. The predicted molar refractivity (Wildman–Crippen MR) is 145 cm³/mol. The van der Waals surface area contributed by atoms with Crippen molar-refractivity contribution in [3.63, 3.8) is 0 Å². The van der Waals surface area contributed by atoms with Gasteiger partial charge in [0, 0.05) is 12.2 Å². The van der Waals surface area contributed by atoms with E-state index < -0.39 is 5.91 Å². The van der Waals surface area contributed by atoms with Crippen LogP contribution in [0.3, 0.4) is 0 Å². The van der Waals surface area contributed by atoms with Crippen molar-refractivity contribution < 1.29 is 19.1 Å². The zero-order valence-corrected chi connectivity index (χ0v) is 21.7. The van der Waals surface area contributed by atoms with E-state index in [2.05, 4.69) is 10.6 Å². The second kappa shape index (κ2) is 13.1. The number of anilines is 1. The normalized spacial score (nSPS) is 10.8. The largest absolute Gasteiger partial charge is 0.490 e. The molecule has 190 valence electrons. The molecule has 3 aromatic rings. The van der Waals surface area contributed by atoms with Crippen LogP contribution < -0.4 is 20.1 Å². The van der Waals surface area contributed by atoms with Crippen molar-refractivity contribution in [1.29, 1.82) is 5.26 Å². The van der Waals surface area contributed by atoms with Crippen LogP contribution in [0.15, 0.2) is 66.2 Å². The van der Waals surface area contributed by atoms with Gasteiger partial charge in [-0.25, -0.2) is 0 Å². The van der Waals surface area contributed by atoms with Crippen molar-refractivity contribution in [3.8, 4) is 17.6 Å². The minimum Gasteiger partial charge on any atom is -0.490 e. The van der Waals surface area contributed by atoms with Crippen LogP contribution in [0.25, 0.3) is 6.08 Å². The van der Waals surface area contributed by atoms with Gasteiger partial charge in [-0.2, -0.15) is 5.26 Å². The van der Waals surface area contributed by atoms with Crippen molar-refractivity contribution in [2.24, 2.45) is 0 Å². The first-order chi connectivity index (χ1) is 17.8. The van der Waals surface area contributed by atoms with Crippen LogP contribution in [0, 0.1) is 25.2 Å². The predicted octanol–water partition coefficient (Wildman–Crippen LogP) is 5.60. The Morgan fingerprint density at radius 3 is 2.51 bits per heavy atom. The van der Waals surface area contributed by atoms with Gasteiger partial charge in [0.05, 0.1) is 11.6 Å². The number of nitriles is 1. The Labute approximate surface area is 221 Å². The number of halogens is 1. The van der Waals surface area contributed by atoms with Crippen molar-refractivity contribution in [3.05, 3.63) is 93.5 Å². The summed E-state index contributed by atoms with van der Waals surface area (Å²) < 4.78 is 11.4. The molecule has 0 bridgehead atoms. The number of nitrogens with zero attached hydrogens (tertiary/aromatic N) is 1. The molecule has 0 saturated heterocycles. The molecule has 37 heavy (non-hydrogen) atoms. The highest BCUT2D eigenvalue weighted by Gasteiger charge is 2.16. The summed E-state index contributed by atoms with van der Waals surface area (Å²) in [5.41, 5.74) is 3.97. The van der Waals surface area contributed by atoms with E-state index in [1.807, 2.05) is 68.4 Å². The third kappa shape index (κ3) is 7.86. The molecule has 0 aliphatic carbocycles. The fourth-order valence-electron chi connectivity index (χ4n) is 3.46. The molecule has 0 spiro atoms. The number of hydrogen-bond acceptors (Lipinski definition) is 5. The molecular formula is C29H28ClN3O4. The number of amides is 2. The molecule has 2 amide bonds. The van der Waals surface area contributed by atoms with Crippen LogP contribution in [-0.2, 0) is 16.1 Å². The molecule has 0 aliphatic rings. The SMILES string of the molecule is CCOc1cc(/C=C(\C#N)C(=O)NCc2ccccc2)cc(Cl)c1OCC(=O)Nc1cc(C)ccc1C. The smallest absolute Gasteiger partial charge is 0.262 e. The molecular weight excluding hydrogens is 490 g/mol. The monoisotopic (exact) mass is 517 g/mol. The topological polar surface area (TPSA) is 100 Å². The first-order valence-corrected chi connectivity index (χ1v) is 12.1. The number of benzene rings is 3. The number of nitrogens with one attached hydrogen (secondary N) is 2. The zero-order valence-electron chi connectivity index (χ0n) is 20.9. The molecule has 2 N–H and O–H groups in total. The van der Waals surface area contributed by atoms with E-state index in [1.54, 1.807) is 19.1 Å². The Morgan fingerprint density at radius 1 is 1.05 bits per heavy atom. The third-order valence-corrected chi connectivity index (χ3v) is 5.60. The van der Waals surface area contributed by atoms with Crippen LogP contribution >= 0.6 is 11.6 Å². The average molecular weight is 518 g/mol. The Bertz CT molecular complexity index is 1350. The first-order valence-electron chi connectivity index (χ1n) is 11.7.